The summed E-state index contributed by atoms with van der Waals surface area (Å²) in [6, 6.07) is 10.5. The Balaban J connectivity index is 2.31. The number of carbonyl (C=O) groups excluding carboxylic acids is 1. The van der Waals surface area contributed by atoms with Gasteiger partial charge in [-0.3, -0.25) is 4.79 Å². The van der Waals surface area contributed by atoms with Gasteiger partial charge in [0, 0.05) is 0 Å². The summed E-state index contributed by atoms with van der Waals surface area (Å²) >= 11 is 1.08. The lowest BCUT2D eigenvalue weighted by atomic mass is 10.1. The Labute approximate surface area is 115 Å². The zero-order chi connectivity index (χ0) is 13.9. The maximum absolute atomic E-state index is 12.1. The molecule has 0 saturated heterocycles. The fourth-order valence-corrected chi connectivity index (χ4v) is 3.77. The molecule has 2 rings (SSSR count). The first kappa shape index (κ1) is 13.7. The van der Waals surface area contributed by atoms with E-state index in [0.717, 1.165) is 11.3 Å². The molecule has 1 heterocycles. The predicted octanol–water partition coefficient (Wildman–Crippen LogP) is 1.25. The summed E-state index contributed by atoms with van der Waals surface area (Å²) in [5.41, 5.74) is 5.78. The number of hydrogen-bond acceptors (Lipinski definition) is 4. The van der Waals surface area contributed by atoms with Crippen molar-refractivity contribution in [3.63, 3.8) is 0 Å². The van der Waals surface area contributed by atoms with Crippen LogP contribution in [-0.2, 0) is 14.8 Å². The quantitative estimate of drug-likeness (QED) is 0.870. The van der Waals surface area contributed by atoms with Gasteiger partial charge < -0.3 is 5.73 Å². The largest absolute Gasteiger partial charge is 0.368 e. The minimum Gasteiger partial charge on any atom is -0.368 e. The number of thiophene rings is 1. The van der Waals surface area contributed by atoms with Gasteiger partial charge in [-0.05, 0) is 17.0 Å². The highest BCUT2D eigenvalue weighted by Crippen LogP contribution is 2.20. The number of rotatable bonds is 5. The topological polar surface area (TPSA) is 89.3 Å². The standard InChI is InChI=1S/C12H12N2O3S2/c13-12(15)11(9-5-2-1-3-6-9)14-19(16,17)10-7-4-8-18-10/h1-8,11,14H,(H2,13,15)/t11-/m0/s1. The van der Waals surface area contributed by atoms with Crippen molar-refractivity contribution >= 4 is 27.3 Å². The molecule has 0 aliphatic heterocycles. The van der Waals surface area contributed by atoms with Crippen LogP contribution in [0.3, 0.4) is 0 Å². The monoisotopic (exact) mass is 296 g/mol. The normalized spacial score (nSPS) is 13.1. The molecule has 0 aliphatic carbocycles. The SMILES string of the molecule is NC(=O)[C@@H](NS(=O)(=O)c1cccs1)c1ccccc1. The summed E-state index contributed by atoms with van der Waals surface area (Å²) in [4.78, 5) is 11.4. The Hall–Kier alpha value is -1.70. The Bertz CT molecular complexity index is 652. The van der Waals surface area contributed by atoms with E-state index in [-0.39, 0.29) is 4.21 Å². The van der Waals surface area contributed by atoms with Crippen LogP contribution in [0.25, 0.3) is 0 Å². The predicted molar refractivity (Wildman–Crippen MR) is 73.0 cm³/mol. The van der Waals surface area contributed by atoms with Crippen molar-refractivity contribution in [3.05, 3.63) is 53.4 Å². The van der Waals surface area contributed by atoms with Crippen molar-refractivity contribution in [2.75, 3.05) is 0 Å². The fourth-order valence-electron chi connectivity index (χ4n) is 1.57. The Morgan fingerprint density at radius 2 is 1.84 bits per heavy atom. The summed E-state index contributed by atoms with van der Waals surface area (Å²) in [6.07, 6.45) is 0. The molecule has 0 aliphatic rings. The number of carbonyl (C=O) groups is 1. The summed E-state index contributed by atoms with van der Waals surface area (Å²) in [7, 11) is -3.74. The highest BCUT2D eigenvalue weighted by Gasteiger charge is 2.25. The van der Waals surface area contributed by atoms with E-state index < -0.39 is 22.0 Å². The molecule has 0 radical (unpaired) electrons. The number of nitrogens with two attached hydrogens (primary N) is 1. The van der Waals surface area contributed by atoms with Crippen LogP contribution in [0, 0.1) is 0 Å². The number of nitrogens with one attached hydrogen (secondary N) is 1. The minimum absolute atomic E-state index is 0.148. The molecule has 0 unspecified atom stereocenters. The maximum atomic E-state index is 12.1. The molecule has 3 N–H and O–H groups in total. The Morgan fingerprint density at radius 1 is 1.16 bits per heavy atom. The van der Waals surface area contributed by atoms with E-state index in [4.69, 9.17) is 5.73 Å². The van der Waals surface area contributed by atoms with Crippen LogP contribution in [0.15, 0.2) is 52.1 Å². The molecule has 5 nitrogen and oxygen atoms in total. The molecule has 100 valence electrons. The van der Waals surface area contributed by atoms with E-state index >= 15 is 0 Å². The first-order chi connectivity index (χ1) is 9.00. The smallest absolute Gasteiger partial charge is 0.251 e. The lowest BCUT2D eigenvalue weighted by molar-refractivity contribution is -0.119. The molecule has 0 fully saturated rings. The van der Waals surface area contributed by atoms with Gasteiger partial charge in [0.25, 0.3) is 10.0 Å². The molecule has 2 aromatic rings. The van der Waals surface area contributed by atoms with Crippen LogP contribution in [-0.4, -0.2) is 14.3 Å². The molecule has 1 aromatic heterocycles. The van der Waals surface area contributed by atoms with Gasteiger partial charge in [0.1, 0.15) is 10.3 Å². The highest BCUT2D eigenvalue weighted by molar-refractivity contribution is 7.91. The van der Waals surface area contributed by atoms with Gasteiger partial charge in [-0.15, -0.1) is 11.3 Å². The number of benzene rings is 1. The number of primary amides is 1. The van der Waals surface area contributed by atoms with Crippen molar-refractivity contribution in [3.8, 4) is 0 Å². The third-order valence-electron chi connectivity index (χ3n) is 2.45. The fraction of sp³-hybridized carbons (Fsp3) is 0.0833. The number of sulfonamides is 1. The average Bonchev–Trinajstić information content (AvgIpc) is 2.91. The summed E-state index contributed by atoms with van der Waals surface area (Å²) < 4.78 is 26.6. The lowest BCUT2D eigenvalue weighted by Crippen LogP contribution is -2.37. The van der Waals surface area contributed by atoms with Crippen molar-refractivity contribution < 1.29 is 13.2 Å². The zero-order valence-electron chi connectivity index (χ0n) is 9.81. The summed E-state index contributed by atoms with van der Waals surface area (Å²) in [6.45, 7) is 0. The van der Waals surface area contributed by atoms with E-state index in [2.05, 4.69) is 4.72 Å². The molecular formula is C12H12N2O3S2. The van der Waals surface area contributed by atoms with Gasteiger partial charge in [-0.1, -0.05) is 36.4 Å². The Morgan fingerprint density at radius 3 is 2.37 bits per heavy atom. The molecule has 0 saturated carbocycles. The molecule has 7 heteroatoms. The zero-order valence-corrected chi connectivity index (χ0v) is 11.4. The second kappa shape index (κ2) is 5.52. The van der Waals surface area contributed by atoms with E-state index in [9.17, 15) is 13.2 Å². The second-order valence-corrected chi connectivity index (χ2v) is 6.69. The lowest BCUT2D eigenvalue weighted by Gasteiger charge is -2.15. The van der Waals surface area contributed by atoms with E-state index in [0.29, 0.717) is 5.56 Å². The van der Waals surface area contributed by atoms with E-state index in [1.807, 2.05) is 0 Å². The number of hydrogen-bond donors (Lipinski definition) is 2. The van der Waals surface area contributed by atoms with E-state index in [1.54, 1.807) is 41.8 Å². The van der Waals surface area contributed by atoms with Gasteiger partial charge in [0.05, 0.1) is 0 Å². The third-order valence-corrected chi connectivity index (χ3v) is 5.27. The van der Waals surface area contributed by atoms with E-state index in [1.165, 1.54) is 6.07 Å². The highest BCUT2D eigenvalue weighted by atomic mass is 32.2. The average molecular weight is 296 g/mol. The molecule has 1 amide bonds. The van der Waals surface area contributed by atoms with Gasteiger partial charge in [-0.2, -0.15) is 4.72 Å². The summed E-state index contributed by atoms with van der Waals surface area (Å²) in [5.74, 6) is -0.744. The molecular weight excluding hydrogens is 284 g/mol. The van der Waals surface area contributed by atoms with Crippen LogP contribution >= 0.6 is 11.3 Å². The Kier molecular flexibility index (Phi) is 3.98. The van der Waals surface area contributed by atoms with Gasteiger partial charge in [0.15, 0.2) is 0 Å². The van der Waals surface area contributed by atoms with Crippen LogP contribution in [0.2, 0.25) is 0 Å². The van der Waals surface area contributed by atoms with Crippen LogP contribution < -0.4 is 10.5 Å². The van der Waals surface area contributed by atoms with Crippen LogP contribution in [0.5, 0.6) is 0 Å². The van der Waals surface area contributed by atoms with Gasteiger partial charge >= 0.3 is 0 Å². The molecule has 1 atom stereocenters. The van der Waals surface area contributed by atoms with Crippen LogP contribution in [0.4, 0.5) is 0 Å². The first-order valence-electron chi connectivity index (χ1n) is 5.41. The number of amides is 1. The van der Waals surface area contributed by atoms with Crippen molar-refractivity contribution in [2.45, 2.75) is 10.3 Å². The van der Waals surface area contributed by atoms with Crippen molar-refractivity contribution in [1.29, 1.82) is 0 Å². The van der Waals surface area contributed by atoms with Crippen molar-refractivity contribution in [1.82, 2.24) is 4.72 Å². The molecule has 19 heavy (non-hydrogen) atoms. The van der Waals surface area contributed by atoms with Crippen molar-refractivity contribution in [2.24, 2.45) is 5.73 Å². The second-order valence-electron chi connectivity index (χ2n) is 3.80. The van der Waals surface area contributed by atoms with Crippen LogP contribution in [0.1, 0.15) is 11.6 Å². The molecule has 0 bridgehead atoms. The van der Waals surface area contributed by atoms with Gasteiger partial charge in [0.2, 0.25) is 5.91 Å². The first-order valence-corrected chi connectivity index (χ1v) is 7.77. The van der Waals surface area contributed by atoms with Gasteiger partial charge in [-0.25, -0.2) is 8.42 Å². The summed E-state index contributed by atoms with van der Waals surface area (Å²) in [5, 5.41) is 1.65. The molecule has 1 aromatic carbocycles. The maximum Gasteiger partial charge on any atom is 0.251 e. The molecule has 0 spiro atoms. The third kappa shape index (κ3) is 3.19. The minimum atomic E-state index is -3.74.